The van der Waals surface area contributed by atoms with E-state index >= 15 is 0 Å². The highest BCUT2D eigenvalue weighted by Crippen LogP contribution is 2.27. The normalized spacial score (nSPS) is 9.77. The van der Waals surface area contributed by atoms with Crippen molar-refractivity contribution in [3.63, 3.8) is 0 Å². The minimum Gasteiger partial charge on any atom is -0.493 e. The van der Waals surface area contributed by atoms with Crippen molar-refractivity contribution in [3.8, 4) is 11.5 Å². The smallest absolute Gasteiger partial charge is 0.161 e. The summed E-state index contributed by atoms with van der Waals surface area (Å²) < 4.78 is 10.6. The lowest BCUT2D eigenvalue weighted by atomic mass is 10.2. The van der Waals surface area contributed by atoms with Crippen LogP contribution in [0.1, 0.15) is 5.56 Å². The predicted molar refractivity (Wildman–Crippen MR) is 57.0 cm³/mol. The van der Waals surface area contributed by atoms with E-state index in [1.54, 1.807) is 7.11 Å². The van der Waals surface area contributed by atoms with Gasteiger partial charge in [-0.15, -0.1) is 0 Å². The summed E-state index contributed by atoms with van der Waals surface area (Å²) in [5.74, 6) is 1.59. The summed E-state index contributed by atoms with van der Waals surface area (Å²) in [7, 11) is 1.64. The monoisotopic (exact) mass is 244 g/mol. The fourth-order valence-corrected chi connectivity index (χ4v) is 1.21. The molecule has 0 aliphatic carbocycles. The maximum absolute atomic E-state index is 5.49. The molecule has 0 radical (unpaired) electrons. The zero-order valence-corrected chi connectivity index (χ0v) is 9.43. The molecule has 0 saturated heterocycles. The van der Waals surface area contributed by atoms with Crippen molar-refractivity contribution in [2.75, 3.05) is 19.0 Å². The largest absolute Gasteiger partial charge is 0.493 e. The number of benzene rings is 1. The van der Waals surface area contributed by atoms with Gasteiger partial charge in [-0.05, 0) is 24.6 Å². The summed E-state index contributed by atoms with van der Waals surface area (Å²) in [5, 5.41) is 0.824. The average molecular weight is 245 g/mol. The molecule has 3 heteroatoms. The Morgan fingerprint density at radius 3 is 2.69 bits per heavy atom. The second-order valence-electron chi connectivity index (χ2n) is 2.69. The second-order valence-corrected chi connectivity index (χ2v) is 3.48. The van der Waals surface area contributed by atoms with Gasteiger partial charge < -0.3 is 9.47 Å². The number of alkyl halides is 1. The Hall–Kier alpha value is -0.700. The Kier molecular flexibility index (Phi) is 4.09. The summed E-state index contributed by atoms with van der Waals surface area (Å²) >= 11 is 3.31. The van der Waals surface area contributed by atoms with Crippen molar-refractivity contribution in [2.45, 2.75) is 6.92 Å². The predicted octanol–water partition coefficient (Wildman–Crippen LogP) is 2.78. The topological polar surface area (TPSA) is 18.5 Å². The van der Waals surface area contributed by atoms with Crippen LogP contribution in [0.25, 0.3) is 0 Å². The van der Waals surface area contributed by atoms with Gasteiger partial charge >= 0.3 is 0 Å². The Balaban J connectivity index is 2.81. The van der Waals surface area contributed by atoms with Crippen molar-refractivity contribution >= 4 is 15.9 Å². The van der Waals surface area contributed by atoms with Gasteiger partial charge in [0.05, 0.1) is 13.7 Å². The number of rotatable bonds is 4. The number of hydrogen-bond donors (Lipinski definition) is 0. The van der Waals surface area contributed by atoms with Gasteiger partial charge in [0, 0.05) is 5.33 Å². The van der Waals surface area contributed by atoms with Crippen LogP contribution in [0.4, 0.5) is 0 Å². The molecule has 0 fully saturated rings. The van der Waals surface area contributed by atoms with Crippen molar-refractivity contribution in [1.82, 2.24) is 0 Å². The molecule has 0 aliphatic heterocycles. The SMILES string of the molecule is COc1ccc(C)cc1OCCBr. The number of halogens is 1. The van der Waals surface area contributed by atoms with Crippen LogP contribution in [0, 0.1) is 6.92 Å². The molecule has 0 unspecified atom stereocenters. The molecule has 1 aromatic carbocycles. The molecule has 0 aromatic heterocycles. The molecule has 1 rings (SSSR count). The third kappa shape index (κ3) is 2.92. The van der Waals surface area contributed by atoms with E-state index in [1.165, 1.54) is 5.56 Å². The van der Waals surface area contributed by atoms with Gasteiger partial charge in [-0.3, -0.25) is 0 Å². The first kappa shape index (κ1) is 10.4. The van der Waals surface area contributed by atoms with E-state index in [0.717, 1.165) is 16.8 Å². The fourth-order valence-electron chi connectivity index (χ4n) is 1.05. The molecule has 0 N–H and O–H groups in total. The van der Waals surface area contributed by atoms with E-state index in [1.807, 2.05) is 25.1 Å². The summed E-state index contributed by atoms with van der Waals surface area (Å²) in [6.07, 6.45) is 0. The van der Waals surface area contributed by atoms with Crippen LogP contribution in [-0.2, 0) is 0 Å². The maximum Gasteiger partial charge on any atom is 0.161 e. The average Bonchev–Trinajstić information content (AvgIpc) is 2.15. The molecule has 72 valence electrons. The molecule has 0 aliphatic rings. The molecule has 0 atom stereocenters. The van der Waals surface area contributed by atoms with E-state index in [2.05, 4.69) is 15.9 Å². The van der Waals surface area contributed by atoms with Gasteiger partial charge in [0.2, 0.25) is 0 Å². The van der Waals surface area contributed by atoms with E-state index in [0.29, 0.717) is 6.61 Å². The molecule has 1 aromatic rings. The molecule has 0 spiro atoms. The Labute approximate surface area is 87.0 Å². The highest BCUT2D eigenvalue weighted by Gasteiger charge is 2.02. The van der Waals surface area contributed by atoms with Crippen LogP contribution < -0.4 is 9.47 Å². The molecule has 0 amide bonds. The standard InChI is InChI=1S/C10H13BrO2/c1-8-3-4-9(12-2)10(7-8)13-6-5-11/h3-4,7H,5-6H2,1-2H3. The van der Waals surface area contributed by atoms with Crippen LogP contribution >= 0.6 is 15.9 Å². The third-order valence-corrected chi connectivity index (χ3v) is 1.98. The third-order valence-electron chi connectivity index (χ3n) is 1.65. The molecule has 0 heterocycles. The van der Waals surface area contributed by atoms with Crippen molar-refractivity contribution in [1.29, 1.82) is 0 Å². The van der Waals surface area contributed by atoms with Gasteiger partial charge in [-0.1, -0.05) is 22.0 Å². The Morgan fingerprint density at radius 1 is 1.31 bits per heavy atom. The van der Waals surface area contributed by atoms with E-state index in [9.17, 15) is 0 Å². The summed E-state index contributed by atoms with van der Waals surface area (Å²) in [4.78, 5) is 0. The lowest BCUT2D eigenvalue weighted by Crippen LogP contribution is -1.99. The quantitative estimate of drug-likeness (QED) is 0.759. The number of methoxy groups -OCH3 is 1. The number of aryl methyl sites for hydroxylation is 1. The first-order chi connectivity index (χ1) is 6.27. The highest BCUT2D eigenvalue weighted by atomic mass is 79.9. The molecule has 0 saturated carbocycles. The second kappa shape index (κ2) is 5.12. The summed E-state index contributed by atoms with van der Waals surface area (Å²) in [5.41, 5.74) is 1.17. The maximum atomic E-state index is 5.49. The van der Waals surface area contributed by atoms with Crippen LogP contribution in [0.2, 0.25) is 0 Å². The van der Waals surface area contributed by atoms with E-state index in [-0.39, 0.29) is 0 Å². The van der Waals surface area contributed by atoms with Crippen molar-refractivity contribution < 1.29 is 9.47 Å². The lowest BCUT2D eigenvalue weighted by Gasteiger charge is -2.09. The minimum atomic E-state index is 0.653. The summed E-state index contributed by atoms with van der Waals surface area (Å²) in [6, 6.07) is 5.89. The van der Waals surface area contributed by atoms with Crippen LogP contribution in [-0.4, -0.2) is 19.0 Å². The molecular formula is C10H13BrO2. The highest BCUT2D eigenvalue weighted by molar-refractivity contribution is 9.09. The zero-order chi connectivity index (χ0) is 9.68. The molecule has 13 heavy (non-hydrogen) atoms. The van der Waals surface area contributed by atoms with Gasteiger partial charge in [-0.2, -0.15) is 0 Å². The van der Waals surface area contributed by atoms with Gasteiger partial charge in [0.1, 0.15) is 0 Å². The number of ether oxygens (including phenoxy) is 2. The fraction of sp³-hybridized carbons (Fsp3) is 0.400. The van der Waals surface area contributed by atoms with Crippen molar-refractivity contribution in [3.05, 3.63) is 23.8 Å². The molecule has 0 bridgehead atoms. The van der Waals surface area contributed by atoms with E-state index in [4.69, 9.17) is 9.47 Å². The van der Waals surface area contributed by atoms with Crippen LogP contribution in [0.3, 0.4) is 0 Å². The van der Waals surface area contributed by atoms with Gasteiger partial charge in [0.15, 0.2) is 11.5 Å². The molecule has 2 nitrogen and oxygen atoms in total. The Bertz CT molecular complexity index is 274. The van der Waals surface area contributed by atoms with Crippen LogP contribution in [0.5, 0.6) is 11.5 Å². The van der Waals surface area contributed by atoms with E-state index < -0.39 is 0 Å². The zero-order valence-electron chi connectivity index (χ0n) is 7.84. The van der Waals surface area contributed by atoms with Crippen LogP contribution in [0.15, 0.2) is 18.2 Å². The Morgan fingerprint density at radius 2 is 2.08 bits per heavy atom. The summed E-state index contributed by atoms with van der Waals surface area (Å²) in [6.45, 7) is 2.68. The first-order valence-electron chi connectivity index (χ1n) is 4.11. The van der Waals surface area contributed by atoms with Gasteiger partial charge in [-0.25, -0.2) is 0 Å². The van der Waals surface area contributed by atoms with Crippen molar-refractivity contribution in [2.24, 2.45) is 0 Å². The minimum absolute atomic E-state index is 0.653. The number of hydrogen-bond acceptors (Lipinski definition) is 2. The lowest BCUT2D eigenvalue weighted by molar-refractivity contribution is 0.314. The van der Waals surface area contributed by atoms with Gasteiger partial charge in [0.25, 0.3) is 0 Å². The molecular weight excluding hydrogens is 232 g/mol. The first-order valence-corrected chi connectivity index (χ1v) is 5.23.